The smallest absolute Gasteiger partial charge is 0.0547 e. The van der Waals surface area contributed by atoms with Gasteiger partial charge < -0.3 is 9.13 Å². The van der Waals surface area contributed by atoms with Crippen molar-refractivity contribution in [2.45, 2.75) is 0 Å². The first-order chi connectivity index (χ1) is 24.8. The highest BCUT2D eigenvalue weighted by Gasteiger charge is 2.20. The maximum absolute atomic E-state index is 2.44. The Morgan fingerprint density at radius 2 is 0.660 bits per heavy atom. The number of hydrogen-bond donors (Lipinski definition) is 0. The number of nitrogens with zero attached hydrogens (tertiary/aromatic N) is 2. The second-order valence-electron chi connectivity index (χ2n) is 13.3. The summed E-state index contributed by atoms with van der Waals surface area (Å²) in [5.41, 5.74) is 9.63. The Labute approximate surface area is 288 Å². The van der Waals surface area contributed by atoms with Crippen molar-refractivity contribution in [3.63, 3.8) is 0 Å². The Balaban J connectivity index is 1.25. The second kappa shape index (κ2) is 10.4. The van der Waals surface area contributed by atoms with E-state index in [-0.39, 0.29) is 0 Å². The molecule has 232 valence electrons. The summed E-state index contributed by atoms with van der Waals surface area (Å²) in [6, 6.07) is 66.7. The van der Waals surface area contributed by atoms with Crippen LogP contribution in [0.2, 0.25) is 0 Å². The van der Waals surface area contributed by atoms with Crippen LogP contribution in [0, 0.1) is 0 Å². The standard InChI is InChI=1S/C48H30N2/c1-3-13-33(14-4-1)49-43-22-12-11-20-38(43)41-29-31(23-26-44(41)49)32-24-27-45-42(30-32)48-46(50(45)34-15-5-2-6-16-34)28-25-40-37-19-8-7-17-35(37)36-18-9-10-21-39(36)47(40)48/h1-30H. The predicted molar refractivity (Wildman–Crippen MR) is 213 cm³/mol. The lowest BCUT2D eigenvalue weighted by molar-refractivity contribution is 1.18. The third kappa shape index (κ3) is 3.79. The molecule has 0 aliphatic heterocycles. The lowest BCUT2D eigenvalue weighted by atomic mass is 9.91. The second-order valence-corrected chi connectivity index (χ2v) is 13.3. The van der Waals surface area contributed by atoms with Crippen LogP contribution in [-0.2, 0) is 0 Å². The van der Waals surface area contributed by atoms with Crippen LogP contribution in [0.15, 0.2) is 182 Å². The summed E-state index contributed by atoms with van der Waals surface area (Å²) in [7, 11) is 0. The van der Waals surface area contributed by atoms with E-state index in [9.17, 15) is 0 Å². The fourth-order valence-corrected chi connectivity index (χ4v) is 8.55. The summed E-state index contributed by atoms with van der Waals surface area (Å²) in [5, 5.41) is 12.9. The van der Waals surface area contributed by atoms with Gasteiger partial charge in [0.25, 0.3) is 0 Å². The van der Waals surface area contributed by atoms with Gasteiger partial charge >= 0.3 is 0 Å². The average Bonchev–Trinajstić information content (AvgIpc) is 3.71. The zero-order valence-electron chi connectivity index (χ0n) is 27.2. The molecule has 2 heteroatoms. The predicted octanol–water partition coefficient (Wildman–Crippen LogP) is 13.0. The molecule has 0 atom stereocenters. The molecule has 0 fully saturated rings. The molecule has 50 heavy (non-hydrogen) atoms. The van der Waals surface area contributed by atoms with E-state index in [2.05, 4.69) is 191 Å². The number of aromatic nitrogens is 2. The van der Waals surface area contributed by atoms with Gasteiger partial charge in [-0.25, -0.2) is 0 Å². The zero-order valence-corrected chi connectivity index (χ0v) is 27.2. The lowest BCUT2D eigenvalue weighted by Crippen LogP contribution is -1.93. The first-order valence-electron chi connectivity index (χ1n) is 17.3. The van der Waals surface area contributed by atoms with Crippen molar-refractivity contribution in [1.82, 2.24) is 9.13 Å². The fourth-order valence-electron chi connectivity index (χ4n) is 8.55. The number of fused-ring (bicyclic) bond motifs is 13. The minimum absolute atomic E-state index is 1.17. The fraction of sp³-hybridized carbons (Fsp3) is 0. The van der Waals surface area contributed by atoms with E-state index in [1.165, 1.54) is 98.4 Å². The molecule has 0 aliphatic rings. The summed E-state index contributed by atoms with van der Waals surface area (Å²) in [5.74, 6) is 0. The molecule has 2 aromatic heterocycles. The van der Waals surface area contributed by atoms with E-state index < -0.39 is 0 Å². The van der Waals surface area contributed by atoms with E-state index in [0.717, 1.165) is 0 Å². The maximum Gasteiger partial charge on any atom is 0.0547 e. The van der Waals surface area contributed by atoms with E-state index in [0.29, 0.717) is 0 Å². The van der Waals surface area contributed by atoms with Gasteiger partial charge in [0, 0.05) is 38.3 Å². The van der Waals surface area contributed by atoms with Crippen molar-refractivity contribution < 1.29 is 0 Å². The van der Waals surface area contributed by atoms with Crippen LogP contribution in [0.5, 0.6) is 0 Å². The summed E-state index contributed by atoms with van der Waals surface area (Å²) < 4.78 is 4.82. The Bertz CT molecular complexity index is 3090. The summed E-state index contributed by atoms with van der Waals surface area (Å²) in [6.45, 7) is 0. The topological polar surface area (TPSA) is 9.86 Å². The number of rotatable bonds is 3. The molecule has 0 aliphatic carbocycles. The van der Waals surface area contributed by atoms with Crippen LogP contribution >= 0.6 is 0 Å². The maximum atomic E-state index is 2.44. The highest BCUT2D eigenvalue weighted by molar-refractivity contribution is 6.35. The molecule has 0 amide bonds. The van der Waals surface area contributed by atoms with Crippen molar-refractivity contribution >= 4 is 75.9 Å². The van der Waals surface area contributed by atoms with Crippen molar-refractivity contribution in [2.75, 3.05) is 0 Å². The molecule has 11 aromatic rings. The Morgan fingerprint density at radius 1 is 0.240 bits per heavy atom. The third-order valence-electron chi connectivity index (χ3n) is 10.7. The van der Waals surface area contributed by atoms with Crippen LogP contribution in [0.1, 0.15) is 0 Å². The van der Waals surface area contributed by atoms with Crippen molar-refractivity contribution in [1.29, 1.82) is 0 Å². The zero-order chi connectivity index (χ0) is 32.8. The number of hydrogen-bond acceptors (Lipinski definition) is 0. The SMILES string of the molecule is c1ccc(-n2c3ccccc3c3cc(-c4ccc5c(c4)c4c6c7ccccc7c7ccccc7c6ccc4n5-c4ccccc4)ccc32)cc1. The van der Waals surface area contributed by atoms with Gasteiger partial charge in [0.05, 0.1) is 22.1 Å². The van der Waals surface area contributed by atoms with Crippen molar-refractivity contribution in [3.8, 4) is 22.5 Å². The first kappa shape index (κ1) is 27.3. The van der Waals surface area contributed by atoms with Gasteiger partial charge in [-0.05, 0) is 98.7 Å². The molecule has 0 radical (unpaired) electrons. The number of benzene rings is 9. The van der Waals surface area contributed by atoms with Crippen molar-refractivity contribution in [2.24, 2.45) is 0 Å². The van der Waals surface area contributed by atoms with Gasteiger partial charge in [-0.1, -0.05) is 121 Å². The monoisotopic (exact) mass is 634 g/mol. The number of para-hydroxylation sites is 3. The molecule has 0 spiro atoms. The van der Waals surface area contributed by atoms with E-state index in [1.807, 2.05) is 0 Å². The van der Waals surface area contributed by atoms with Gasteiger partial charge in [0.1, 0.15) is 0 Å². The van der Waals surface area contributed by atoms with Crippen LogP contribution in [0.25, 0.3) is 98.4 Å². The molecular weight excluding hydrogens is 605 g/mol. The largest absolute Gasteiger partial charge is 0.309 e. The van der Waals surface area contributed by atoms with Crippen LogP contribution in [-0.4, -0.2) is 9.13 Å². The Morgan fingerprint density at radius 3 is 1.30 bits per heavy atom. The van der Waals surface area contributed by atoms with Gasteiger partial charge in [0.15, 0.2) is 0 Å². The molecule has 0 N–H and O–H groups in total. The molecule has 2 heterocycles. The van der Waals surface area contributed by atoms with Crippen molar-refractivity contribution in [3.05, 3.63) is 182 Å². The van der Waals surface area contributed by atoms with Gasteiger partial charge in [-0.2, -0.15) is 0 Å². The molecule has 0 saturated heterocycles. The summed E-state index contributed by atoms with van der Waals surface area (Å²) in [6.07, 6.45) is 0. The third-order valence-corrected chi connectivity index (χ3v) is 10.7. The molecular formula is C48H30N2. The minimum atomic E-state index is 1.17. The van der Waals surface area contributed by atoms with Gasteiger partial charge in [0.2, 0.25) is 0 Å². The molecule has 0 bridgehead atoms. The molecule has 11 rings (SSSR count). The quantitative estimate of drug-likeness (QED) is 0.171. The minimum Gasteiger partial charge on any atom is -0.309 e. The Kier molecular flexibility index (Phi) is 5.70. The van der Waals surface area contributed by atoms with Gasteiger partial charge in [-0.3, -0.25) is 0 Å². The Hall–Kier alpha value is -6.64. The summed E-state index contributed by atoms with van der Waals surface area (Å²) >= 11 is 0. The summed E-state index contributed by atoms with van der Waals surface area (Å²) in [4.78, 5) is 0. The van der Waals surface area contributed by atoms with Crippen LogP contribution in [0.4, 0.5) is 0 Å². The molecule has 2 nitrogen and oxygen atoms in total. The van der Waals surface area contributed by atoms with E-state index >= 15 is 0 Å². The van der Waals surface area contributed by atoms with Crippen LogP contribution in [0.3, 0.4) is 0 Å². The normalized spacial score (nSPS) is 12.0. The van der Waals surface area contributed by atoms with Crippen LogP contribution < -0.4 is 0 Å². The highest BCUT2D eigenvalue weighted by Crippen LogP contribution is 2.44. The average molecular weight is 635 g/mol. The highest BCUT2D eigenvalue weighted by atomic mass is 15.0. The van der Waals surface area contributed by atoms with E-state index in [1.54, 1.807) is 0 Å². The van der Waals surface area contributed by atoms with Gasteiger partial charge in [-0.15, -0.1) is 0 Å². The lowest BCUT2D eigenvalue weighted by Gasteiger charge is -2.12. The first-order valence-corrected chi connectivity index (χ1v) is 17.3. The molecule has 0 saturated carbocycles. The molecule has 9 aromatic carbocycles. The van der Waals surface area contributed by atoms with E-state index in [4.69, 9.17) is 0 Å². The molecule has 0 unspecified atom stereocenters.